The number of nitrogens with zero attached hydrogens (tertiary/aromatic N) is 4. The van der Waals surface area contributed by atoms with E-state index in [0.29, 0.717) is 22.3 Å². The number of aliphatic hydroxyl groups excluding tert-OH is 1. The van der Waals surface area contributed by atoms with Gasteiger partial charge >= 0.3 is 6.09 Å². The highest BCUT2D eigenvalue weighted by molar-refractivity contribution is 6.30. The highest BCUT2D eigenvalue weighted by Gasteiger charge is 2.34. The van der Waals surface area contributed by atoms with Crippen LogP contribution in [0.15, 0.2) is 48.5 Å². The molecule has 0 fully saturated rings. The fourth-order valence-corrected chi connectivity index (χ4v) is 2.94. The van der Waals surface area contributed by atoms with Crippen LogP contribution >= 0.6 is 11.6 Å². The lowest BCUT2D eigenvalue weighted by molar-refractivity contribution is -0.0583. The number of hydrogen-bond acceptors (Lipinski definition) is 7. The van der Waals surface area contributed by atoms with Gasteiger partial charge in [0.1, 0.15) is 18.0 Å². The third-order valence-electron chi connectivity index (χ3n) is 4.46. The highest BCUT2D eigenvalue weighted by atomic mass is 35.5. The van der Waals surface area contributed by atoms with Crippen LogP contribution in [0.2, 0.25) is 5.02 Å². The average molecular weight is 446 g/mol. The number of tetrazole rings is 1. The molecule has 3 aromatic rings. The van der Waals surface area contributed by atoms with Gasteiger partial charge in [0, 0.05) is 10.6 Å². The first kappa shape index (κ1) is 22.5. The van der Waals surface area contributed by atoms with Crippen molar-refractivity contribution in [3.05, 3.63) is 53.6 Å². The molecule has 164 valence electrons. The van der Waals surface area contributed by atoms with E-state index < -0.39 is 23.7 Å². The van der Waals surface area contributed by atoms with Gasteiger partial charge < -0.3 is 20.3 Å². The summed E-state index contributed by atoms with van der Waals surface area (Å²) >= 11 is 5.88. The summed E-state index contributed by atoms with van der Waals surface area (Å²) in [6.45, 7) is 5.47. The number of aliphatic hydroxyl groups is 1. The number of halogens is 1. The molecule has 2 atom stereocenters. The number of nitrogens with two attached hydrogens (primary N) is 1. The fourth-order valence-electron chi connectivity index (χ4n) is 2.82. The van der Waals surface area contributed by atoms with Crippen LogP contribution in [0.1, 0.15) is 20.8 Å². The highest BCUT2D eigenvalue weighted by Crippen LogP contribution is 2.26. The monoisotopic (exact) mass is 445 g/mol. The Morgan fingerprint density at radius 1 is 1.13 bits per heavy atom. The van der Waals surface area contributed by atoms with E-state index >= 15 is 0 Å². The largest absolute Gasteiger partial charge is 0.457 e. The predicted octanol–water partition coefficient (Wildman–Crippen LogP) is 3.66. The average Bonchev–Trinajstić information content (AvgIpc) is 3.17. The van der Waals surface area contributed by atoms with Crippen molar-refractivity contribution in [2.24, 2.45) is 11.1 Å². The lowest BCUT2D eigenvalue weighted by Crippen LogP contribution is -2.44. The van der Waals surface area contributed by atoms with E-state index in [1.165, 1.54) is 4.80 Å². The van der Waals surface area contributed by atoms with E-state index in [4.69, 9.17) is 26.8 Å². The Balaban J connectivity index is 1.70. The van der Waals surface area contributed by atoms with Gasteiger partial charge in [-0.15, -0.1) is 10.2 Å². The van der Waals surface area contributed by atoms with Gasteiger partial charge in [-0.3, -0.25) is 0 Å². The molecule has 0 aliphatic heterocycles. The predicted molar refractivity (Wildman–Crippen MR) is 115 cm³/mol. The Kier molecular flexibility index (Phi) is 6.77. The first-order chi connectivity index (χ1) is 14.6. The molecule has 0 saturated carbocycles. The smallest absolute Gasteiger partial charge is 0.404 e. The number of rotatable bonds is 7. The third-order valence-corrected chi connectivity index (χ3v) is 4.72. The minimum absolute atomic E-state index is 0.00609. The van der Waals surface area contributed by atoms with E-state index in [9.17, 15) is 9.90 Å². The Morgan fingerprint density at radius 3 is 2.26 bits per heavy atom. The number of primary amides is 1. The molecule has 1 aromatic heterocycles. The second-order valence-corrected chi connectivity index (χ2v) is 8.47. The lowest BCUT2D eigenvalue weighted by atomic mass is 9.86. The molecule has 0 radical (unpaired) electrons. The van der Waals surface area contributed by atoms with Crippen molar-refractivity contribution < 1.29 is 19.4 Å². The van der Waals surface area contributed by atoms with Crippen molar-refractivity contribution in [1.82, 2.24) is 20.2 Å². The van der Waals surface area contributed by atoms with Gasteiger partial charge in [0.15, 0.2) is 6.10 Å². The van der Waals surface area contributed by atoms with Crippen molar-refractivity contribution in [1.29, 1.82) is 0 Å². The van der Waals surface area contributed by atoms with Crippen molar-refractivity contribution in [3.63, 3.8) is 0 Å². The number of ether oxygens (including phenoxy) is 2. The van der Waals surface area contributed by atoms with Gasteiger partial charge in [0.05, 0.1) is 6.10 Å². The Morgan fingerprint density at radius 2 is 1.71 bits per heavy atom. The lowest BCUT2D eigenvalue weighted by Gasteiger charge is -2.31. The summed E-state index contributed by atoms with van der Waals surface area (Å²) in [4.78, 5) is 12.5. The molecule has 2 unspecified atom stereocenters. The molecule has 9 nitrogen and oxygen atoms in total. The summed E-state index contributed by atoms with van der Waals surface area (Å²) in [5, 5.41) is 23.5. The molecule has 0 aliphatic rings. The van der Waals surface area contributed by atoms with E-state index in [1.807, 2.05) is 20.8 Å². The van der Waals surface area contributed by atoms with Crippen LogP contribution in [0.3, 0.4) is 0 Å². The van der Waals surface area contributed by atoms with Crippen molar-refractivity contribution in [3.8, 4) is 22.9 Å². The molecule has 0 bridgehead atoms. The van der Waals surface area contributed by atoms with Crippen molar-refractivity contribution in [2.75, 3.05) is 0 Å². The minimum Gasteiger partial charge on any atom is -0.457 e. The molecule has 2 aromatic carbocycles. The molecular formula is C21H24ClN5O4. The SMILES string of the molecule is CC(C)(C)C(O)C(Cn1nnc(-c2ccc(Oc3ccc(Cl)cc3)cc2)n1)OC(N)=O. The quantitative estimate of drug-likeness (QED) is 0.568. The maximum absolute atomic E-state index is 11.2. The normalized spacial score (nSPS) is 13.5. The van der Waals surface area contributed by atoms with E-state index in [2.05, 4.69) is 15.4 Å². The first-order valence-corrected chi connectivity index (χ1v) is 9.95. The molecule has 3 rings (SSSR count). The zero-order valence-electron chi connectivity index (χ0n) is 17.4. The molecule has 10 heteroatoms. The summed E-state index contributed by atoms with van der Waals surface area (Å²) in [7, 11) is 0. The molecule has 3 N–H and O–H groups in total. The molecule has 1 heterocycles. The topological polar surface area (TPSA) is 125 Å². The summed E-state index contributed by atoms with van der Waals surface area (Å²) in [5.74, 6) is 1.68. The van der Waals surface area contributed by atoms with Crippen LogP contribution in [0.4, 0.5) is 4.79 Å². The zero-order chi connectivity index (χ0) is 22.6. The van der Waals surface area contributed by atoms with Crippen LogP contribution in [-0.4, -0.2) is 43.6 Å². The van der Waals surface area contributed by atoms with Gasteiger partial charge in [-0.05, 0) is 59.2 Å². The second kappa shape index (κ2) is 9.32. The van der Waals surface area contributed by atoms with Gasteiger partial charge in [-0.25, -0.2) is 4.79 Å². The second-order valence-electron chi connectivity index (χ2n) is 8.03. The number of hydrogen-bond donors (Lipinski definition) is 2. The van der Waals surface area contributed by atoms with Crippen LogP contribution in [0.5, 0.6) is 11.5 Å². The Bertz CT molecular complexity index is 1020. The van der Waals surface area contributed by atoms with Crippen LogP contribution < -0.4 is 10.5 Å². The molecule has 0 saturated heterocycles. The molecular weight excluding hydrogens is 422 g/mol. The maximum atomic E-state index is 11.2. The molecule has 1 amide bonds. The van der Waals surface area contributed by atoms with Gasteiger partial charge in [0.25, 0.3) is 0 Å². The van der Waals surface area contributed by atoms with Crippen molar-refractivity contribution in [2.45, 2.75) is 39.5 Å². The number of amides is 1. The van der Waals surface area contributed by atoms with Gasteiger partial charge in [-0.1, -0.05) is 32.4 Å². The maximum Gasteiger partial charge on any atom is 0.404 e. The van der Waals surface area contributed by atoms with Crippen molar-refractivity contribution >= 4 is 17.7 Å². The molecule has 0 spiro atoms. The fraction of sp³-hybridized carbons (Fsp3) is 0.333. The molecule has 31 heavy (non-hydrogen) atoms. The first-order valence-electron chi connectivity index (χ1n) is 9.57. The summed E-state index contributed by atoms with van der Waals surface area (Å²) < 4.78 is 10.8. The van der Waals surface area contributed by atoms with E-state index in [-0.39, 0.29) is 6.54 Å². The standard InChI is InChI=1S/C21H24ClN5O4/c1-21(2,3)18(28)17(31-20(23)29)12-27-25-19(24-26-27)13-4-8-15(9-5-13)30-16-10-6-14(22)7-11-16/h4-11,17-18,28H,12H2,1-3H3,(H2,23,29). The van der Waals surface area contributed by atoms with Gasteiger partial charge in [-0.2, -0.15) is 4.80 Å². The summed E-state index contributed by atoms with van der Waals surface area (Å²) in [5.41, 5.74) is 5.33. The van der Waals surface area contributed by atoms with Crippen LogP contribution in [-0.2, 0) is 11.3 Å². The van der Waals surface area contributed by atoms with E-state index in [0.717, 1.165) is 5.56 Å². The van der Waals surface area contributed by atoms with Gasteiger partial charge in [0.2, 0.25) is 5.82 Å². The number of benzene rings is 2. The number of carbonyl (C=O) groups excluding carboxylic acids is 1. The van der Waals surface area contributed by atoms with Crippen LogP contribution in [0, 0.1) is 5.41 Å². The Hall–Kier alpha value is -3.17. The number of aromatic nitrogens is 4. The summed E-state index contributed by atoms with van der Waals surface area (Å²) in [6.07, 6.45) is -2.88. The third kappa shape index (κ3) is 6.16. The van der Waals surface area contributed by atoms with E-state index in [1.54, 1.807) is 48.5 Å². The zero-order valence-corrected chi connectivity index (χ0v) is 18.2. The van der Waals surface area contributed by atoms with Crippen LogP contribution in [0.25, 0.3) is 11.4 Å². The minimum atomic E-state index is -0.982. The number of carbonyl (C=O) groups is 1. The molecule has 0 aliphatic carbocycles. The Labute approximate surface area is 184 Å². The summed E-state index contributed by atoms with van der Waals surface area (Å²) in [6, 6.07) is 14.2.